The first-order valence-electron chi connectivity index (χ1n) is 7.82. The van der Waals surface area contributed by atoms with Gasteiger partial charge in [0.05, 0.1) is 5.56 Å². The van der Waals surface area contributed by atoms with E-state index in [0.717, 1.165) is 0 Å². The minimum Gasteiger partial charge on any atom is -0.358 e. The van der Waals surface area contributed by atoms with Crippen molar-refractivity contribution in [3.8, 4) is 0 Å². The summed E-state index contributed by atoms with van der Waals surface area (Å²) < 4.78 is 28.5. The number of alkyl halides is 2. The number of amides is 3. The maximum absolute atomic E-state index is 13.4. The number of rotatable bonds is 5. The summed E-state index contributed by atoms with van der Waals surface area (Å²) in [7, 11) is 2.94. The van der Waals surface area contributed by atoms with Crippen LogP contribution in [0.3, 0.4) is 0 Å². The first kappa shape index (κ1) is 19.7. The Morgan fingerprint density at radius 1 is 1.27 bits per heavy atom. The van der Waals surface area contributed by atoms with Crippen LogP contribution < -0.4 is 10.7 Å². The molecular formula is C16H20F2N4O4. The average molecular weight is 370 g/mol. The molecule has 1 aromatic heterocycles. The van der Waals surface area contributed by atoms with Crippen LogP contribution in [-0.2, 0) is 21.4 Å². The fourth-order valence-corrected chi connectivity index (χ4v) is 3.18. The maximum atomic E-state index is 13.4. The molecule has 1 aromatic rings. The van der Waals surface area contributed by atoms with E-state index in [9.17, 15) is 28.0 Å². The zero-order valence-corrected chi connectivity index (χ0v) is 14.9. The van der Waals surface area contributed by atoms with Crippen LogP contribution in [0.15, 0.2) is 6.20 Å². The zero-order chi connectivity index (χ0) is 19.9. The molecule has 10 heteroatoms. The molecule has 0 atom stereocenters. The normalized spacial score (nSPS) is 17.2. The Labute approximate surface area is 148 Å². The van der Waals surface area contributed by atoms with Crippen LogP contribution in [0.4, 0.5) is 8.78 Å². The van der Waals surface area contributed by atoms with Gasteiger partial charge < -0.3 is 9.88 Å². The number of aromatic nitrogens is 1. The number of nitrogens with zero attached hydrogens (tertiary/aromatic N) is 2. The molecule has 0 saturated heterocycles. The number of hydrazine groups is 1. The number of hydrogen-bond donors (Lipinski definition) is 2. The molecule has 1 fully saturated rings. The third-order valence-electron chi connectivity index (χ3n) is 4.52. The predicted octanol–water partition coefficient (Wildman–Crippen LogP) is 0.228. The molecule has 0 aromatic carbocycles. The molecule has 0 unspecified atom stereocenters. The van der Waals surface area contributed by atoms with Crippen molar-refractivity contribution >= 4 is 24.0 Å². The Morgan fingerprint density at radius 3 is 2.23 bits per heavy atom. The number of likely N-dealkylation sites (N-methyl/N-ethyl adjacent to an activating group) is 1. The highest BCUT2D eigenvalue weighted by Crippen LogP contribution is 2.46. The van der Waals surface area contributed by atoms with Crippen LogP contribution >= 0.6 is 0 Å². The van der Waals surface area contributed by atoms with Gasteiger partial charge in [-0.25, -0.2) is 19.2 Å². The molecule has 26 heavy (non-hydrogen) atoms. The van der Waals surface area contributed by atoms with Gasteiger partial charge in [-0.15, -0.1) is 0 Å². The van der Waals surface area contributed by atoms with E-state index >= 15 is 0 Å². The highest BCUT2D eigenvalue weighted by Gasteiger charge is 2.62. The van der Waals surface area contributed by atoms with E-state index < -0.39 is 42.0 Å². The largest absolute Gasteiger partial charge is 0.358 e. The van der Waals surface area contributed by atoms with Crippen molar-refractivity contribution < 1.29 is 28.0 Å². The van der Waals surface area contributed by atoms with Gasteiger partial charge >= 0.3 is 5.91 Å². The molecule has 0 bridgehead atoms. The fraction of sp³-hybridized carbons (Fsp3) is 0.500. The minimum absolute atomic E-state index is 0.118. The van der Waals surface area contributed by atoms with Crippen molar-refractivity contribution in [2.24, 2.45) is 7.05 Å². The number of carbonyl (C=O) groups is 4. The van der Waals surface area contributed by atoms with E-state index in [1.807, 2.05) is 0 Å². The van der Waals surface area contributed by atoms with E-state index in [4.69, 9.17) is 0 Å². The van der Waals surface area contributed by atoms with E-state index in [2.05, 4.69) is 10.7 Å². The predicted molar refractivity (Wildman–Crippen MR) is 86.2 cm³/mol. The Bertz CT molecular complexity index is 779. The molecule has 0 spiro atoms. The van der Waals surface area contributed by atoms with Gasteiger partial charge in [-0.05, 0) is 19.4 Å². The van der Waals surface area contributed by atoms with E-state index in [1.54, 1.807) is 31.7 Å². The average Bonchev–Trinajstić information content (AvgIpc) is 2.80. The number of halogens is 2. The maximum Gasteiger partial charge on any atom is 0.308 e. The minimum atomic E-state index is -3.11. The Morgan fingerprint density at radius 2 is 1.85 bits per heavy atom. The monoisotopic (exact) mass is 370 g/mol. The van der Waals surface area contributed by atoms with Gasteiger partial charge in [0.25, 0.3) is 11.8 Å². The third-order valence-corrected chi connectivity index (χ3v) is 4.52. The second kappa shape index (κ2) is 6.60. The van der Waals surface area contributed by atoms with Crippen LogP contribution in [-0.4, -0.2) is 52.1 Å². The first-order chi connectivity index (χ1) is 12.0. The standard InChI is InChI=1S/C16H20F2N4O4/c1-9-5-21(4)10(2)12(9)13(25)22(11(24)6-23)20-15(14(26)19-3)7-16(17,18)8-15/h5-6,20H,7-8H2,1-4H3,(H,19,26). The molecule has 1 aliphatic rings. The smallest absolute Gasteiger partial charge is 0.308 e. The summed E-state index contributed by atoms with van der Waals surface area (Å²) in [6, 6.07) is 0. The number of carbonyl (C=O) groups excluding carboxylic acids is 4. The first-order valence-corrected chi connectivity index (χ1v) is 7.82. The van der Waals surface area contributed by atoms with Gasteiger partial charge in [0, 0.05) is 38.8 Å². The van der Waals surface area contributed by atoms with Crippen molar-refractivity contribution in [2.45, 2.75) is 38.2 Å². The molecule has 142 valence electrons. The zero-order valence-electron chi connectivity index (χ0n) is 14.9. The quantitative estimate of drug-likeness (QED) is 0.439. The van der Waals surface area contributed by atoms with Crippen LogP contribution in [0.1, 0.15) is 34.5 Å². The molecule has 1 aliphatic carbocycles. The second-order valence-corrected chi connectivity index (χ2v) is 6.46. The molecule has 3 amide bonds. The number of nitrogens with one attached hydrogen (secondary N) is 2. The lowest BCUT2D eigenvalue weighted by Gasteiger charge is -2.47. The molecule has 0 aliphatic heterocycles. The van der Waals surface area contributed by atoms with Crippen molar-refractivity contribution in [3.05, 3.63) is 23.0 Å². The lowest BCUT2D eigenvalue weighted by atomic mass is 9.73. The lowest BCUT2D eigenvalue weighted by molar-refractivity contribution is -0.173. The Balaban J connectivity index is 2.42. The van der Waals surface area contributed by atoms with Crippen LogP contribution in [0.25, 0.3) is 0 Å². The molecule has 1 heterocycles. The summed E-state index contributed by atoms with van der Waals surface area (Å²) in [5.74, 6) is -6.09. The van der Waals surface area contributed by atoms with Crippen LogP contribution in [0.5, 0.6) is 0 Å². The summed E-state index contributed by atoms with van der Waals surface area (Å²) in [5.41, 5.74) is 1.63. The fourth-order valence-electron chi connectivity index (χ4n) is 3.18. The molecular weight excluding hydrogens is 350 g/mol. The highest BCUT2D eigenvalue weighted by atomic mass is 19.3. The SMILES string of the molecule is CNC(=O)C1(NN(C(=O)C=O)C(=O)c2c(C)cn(C)c2C)CC(F)(F)C1. The van der Waals surface area contributed by atoms with Crippen LogP contribution in [0, 0.1) is 13.8 Å². The van der Waals surface area contributed by atoms with Gasteiger partial charge in [0.1, 0.15) is 5.54 Å². The summed E-state index contributed by atoms with van der Waals surface area (Å²) >= 11 is 0. The number of hydrogen-bond acceptors (Lipinski definition) is 5. The summed E-state index contributed by atoms with van der Waals surface area (Å²) in [5, 5.41) is 2.58. The molecule has 8 nitrogen and oxygen atoms in total. The van der Waals surface area contributed by atoms with Gasteiger partial charge in [0.15, 0.2) is 0 Å². The summed E-state index contributed by atoms with van der Waals surface area (Å²) in [6.07, 6.45) is -0.268. The third kappa shape index (κ3) is 3.24. The van der Waals surface area contributed by atoms with Gasteiger partial charge in [-0.2, -0.15) is 0 Å². The number of aldehydes is 1. The molecule has 2 rings (SSSR count). The Hall–Kier alpha value is -2.62. The van der Waals surface area contributed by atoms with Gasteiger partial charge in [-0.1, -0.05) is 0 Å². The van der Waals surface area contributed by atoms with E-state index in [0.29, 0.717) is 16.3 Å². The highest BCUT2D eigenvalue weighted by molar-refractivity contribution is 6.29. The summed E-state index contributed by atoms with van der Waals surface area (Å²) in [4.78, 5) is 47.9. The van der Waals surface area contributed by atoms with Gasteiger partial charge in [-0.3, -0.25) is 19.2 Å². The van der Waals surface area contributed by atoms with Crippen molar-refractivity contribution in [1.82, 2.24) is 20.3 Å². The van der Waals surface area contributed by atoms with Crippen LogP contribution in [0.2, 0.25) is 0 Å². The van der Waals surface area contributed by atoms with Crippen molar-refractivity contribution in [3.63, 3.8) is 0 Å². The topological polar surface area (TPSA) is 101 Å². The van der Waals surface area contributed by atoms with Crippen molar-refractivity contribution in [1.29, 1.82) is 0 Å². The van der Waals surface area contributed by atoms with Gasteiger partial charge in [0.2, 0.25) is 12.2 Å². The molecule has 2 N–H and O–H groups in total. The molecule has 1 saturated carbocycles. The van der Waals surface area contributed by atoms with E-state index in [1.165, 1.54) is 7.05 Å². The second-order valence-electron chi connectivity index (χ2n) is 6.46. The lowest BCUT2D eigenvalue weighted by Crippen LogP contribution is -2.72. The number of imide groups is 1. The van der Waals surface area contributed by atoms with E-state index in [-0.39, 0.29) is 11.8 Å². The Kier molecular flexibility index (Phi) is 5.00. The van der Waals surface area contributed by atoms with Crippen molar-refractivity contribution in [2.75, 3.05) is 7.05 Å². The molecule has 0 radical (unpaired) electrons. The summed E-state index contributed by atoms with van der Waals surface area (Å²) in [6.45, 7) is 3.27. The number of aryl methyl sites for hydroxylation is 2.